The molecule has 0 saturated heterocycles. The average molecular weight is 287 g/mol. The molecule has 1 aliphatic carbocycles. The van der Waals surface area contributed by atoms with E-state index in [0.29, 0.717) is 17.8 Å². The summed E-state index contributed by atoms with van der Waals surface area (Å²) in [5, 5.41) is 3.35. The molecule has 1 fully saturated rings. The predicted molar refractivity (Wildman–Crippen MR) is 79.3 cm³/mol. The molecule has 1 aromatic rings. The molecule has 0 radical (unpaired) electrons. The minimum Gasteiger partial charge on any atom is -0.291 e. The lowest BCUT2D eigenvalue weighted by atomic mass is 10.1. The molecule has 1 heterocycles. The van der Waals surface area contributed by atoms with Gasteiger partial charge >= 0.3 is 0 Å². The summed E-state index contributed by atoms with van der Waals surface area (Å²) < 4.78 is 0. The Morgan fingerprint density at radius 3 is 2.67 bits per heavy atom. The van der Waals surface area contributed by atoms with Crippen LogP contribution in [0.2, 0.25) is 0 Å². The zero-order valence-electron chi connectivity index (χ0n) is 11.5. The lowest BCUT2D eigenvalue weighted by Gasteiger charge is -2.31. The molecule has 18 heavy (non-hydrogen) atoms. The van der Waals surface area contributed by atoms with E-state index >= 15 is 0 Å². The fourth-order valence-electron chi connectivity index (χ4n) is 2.45. The van der Waals surface area contributed by atoms with Crippen molar-refractivity contribution in [3.05, 3.63) is 16.1 Å². The van der Waals surface area contributed by atoms with Gasteiger partial charge in [-0.05, 0) is 25.2 Å². The number of rotatable bonds is 7. The molecule has 0 bridgehead atoms. The van der Waals surface area contributed by atoms with Gasteiger partial charge in [0.05, 0.1) is 17.6 Å². The molecular weight excluding hydrogens is 264 g/mol. The van der Waals surface area contributed by atoms with E-state index in [9.17, 15) is 0 Å². The van der Waals surface area contributed by atoms with Crippen molar-refractivity contribution in [1.29, 1.82) is 0 Å². The maximum absolute atomic E-state index is 5.86. The molecule has 1 aliphatic rings. The smallest absolute Gasteiger partial charge is 0.110 e. The second-order valence-corrected chi connectivity index (χ2v) is 6.71. The normalized spacial score (nSPS) is 17.7. The molecular formula is C14H23ClN2S. The summed E-state index contributed by atoms with van der Waals surface area (Å²) in [7, 11) is 0. The Morgan fingerprint density at radius 1 is 1.50 bits per heavy atom. The van der Waals surface area contributed by atoms with Gasteiger partial charge in [0.15, 0.2) is 0 Å². The van der Waals surface area contributed by atoms with E-state index in [1.54, 1.807) is 11.3 Å². The van der Waals surface area contributed by atoms with Crippen LogP contribution >= 0.6 is 22.9 Å². The van der Waals surface area contributed by atoms with Gasteiger partial charge in [0.2, 0.25) is 0 Å². The maximum Gasteiger partial charge on any atom is 0.110 e. The largest absolute Gasteiger partial charge is 0.291 e. The fraction of sp³-hybridized carbons (Fsp3) is 0.786. The van der Waals surface area contributed by atoms with Crippen molar-refractivity contribution < 1.29 is 0 Å². The van der Waals surface area contributed by atoms with E-state index in [0.717, 1.165) is 18.2 Å². The molecule has 1 aromatic heterocycles. The molecule has 1 unspecified atom stereocenters. The van der Waals surface area contributed by atoms with Crippen LogP contribution in [-0.2, 0) is 5.88 Å². The van der Waals surface area contributed by atoms with Gasteiger partial charge in [0, 0.05) is 18.0 Å². The molecule has 4 heteroatoms. The first-order chi connectivity index (χ1) is 8.65. The van der Waals surface area contributed by atoms with E-state index in [4.69, 9.17) is 11.6 Å². The standard InChI is InChI=1S/C14H23ClN2S/c1-4-13(14-16-11(7-15)9-18-14)17(8-10(2)3)12-5-6-12/h9-10,12-13H,4-8H2,1-3H3. The van der Waals surface area contributed by atoms with Crippen LogP contribution in [0.4, 0.5) is 0 Å². The molecule has 102 valence electrons. The summed E-state index contributed by atoms with van der Waals surface area (Å²) in [6, 6.07) is 1.28. The van der Waals surface area contributed by atoms with Gasteiger partial charge in [-0.3, -0.25) is 4.90 Å². The van der Waals surface area contributed by atoms with Crippen molar-refractivity contribution >= 4 is 22.9 Å². The summed E-state index contributed by atoms with van der Waals surface area (Å²) in [5.74, 6) is 1.24. The molecule has 0 aromatic carbocycles. The van der Waals surface area contributed by atoms with Gasteiger partial charge in [0.1, 0.15) is 5.01 Å². The van der Waals surface area contributed by atoms with Crippen molar-refractivity contribution in [2.45, 2.75) is 58.0 Å². The van der Waals surface area contributed by atoms with Gasteiger partial charge in [-0.25, -0.2) is 4.98 Å². The van der Waals surface area contributed by atoms with Crippen LogP contribution in [0.5, 0.6) is 0 Å². The summed E-state index contributed by atoms with van der Waals surface area (Å²) in [6.45, 7) is 8.05. The van der Waals surface area contributed by atoms with Crippen LogP contribution in [-0.4, -0.2) is 22.5 Å². The van der Waals surface area contributed by atoms with E-state index in [-0.39, 0.29) is 0 Å². The minimum atomic E-state index is 0.488. The van der Waals surface area contributed by atoms with Crippen molar-refractivity contribution in [2.75, 3.05) is 6.54 Å². The Morgan fingerprint density at radius 2 is 2.22 bits per heavy atom. The second kappa shape index (κ2) is 6.36. The minimum absolute atomic E-state index is 0.488. The number of nitrogens with zero attached hydrogens (tertiary/aromatic N) is 2. The topological polar surface area (TPSA) is 16.1 Å². The predicted octanol–water partition coefficient (Wildman–Crippen LogP) is 4.45. The van der Waals surface area contributed by atoms with Crippen molar-refractivity contribution in [3.8, 4) is 0 Å². The number of aromatic nitrogens is 1. The number of thiazole rings is 1. The molecule has 0 N–H and O–H groups in total. The van der Waals surface area contributed by atoms with Crippen LogP contribution in [0.1, 0.15) is 56.8 Å². The molecule has 1 atom stereocenters. The Kier molecular flexibility index (Phi) is 5.05. The molecule has 0 spiro atoms. The van der Waals surface area contributed by atoms with E-state index in [1.165, 1.54) is 24.4 Å². The second-order valence-electron chi connectivity index (χ2n) is 5.56. The average Bonchev–Trinajstić information content (AvgIpc) is 3.08. The Balaban J connectivity index is 2.13. The maximum atomic E-state index is 5.86. The highest BCUT2D eigenvalue weighted by atomic mass is 35.5. The van der Waals surface area contributed by atoms with Gasteiger partial charge in [0.25, 0.3) is 0 Å². The van der Waals surface area contributed by atoms with Crippen LogP contribution in [0.15, 0.2) is 5.38 Å². The first-order valence-electron chi connectivity index (χ1n) is 6.91. The quantitative estimate of drug-likeness (QED) is 0.688. The lowest BCUT2D eigenvalue weighted by Crippen LogP contribution is -2.33. The van der Waals surface area contributed by atoms with Crippen LogP contribution < -0.4 is 0 Å². The highest BCUT2D eigenvalue weighted by Crippen LogP contribution is 2.37. The summed E-state index contributed by atoms with van der Waals surface area (Å²) >= 11 is 7.63. The Bertz CT molecular complexity index is 374. The zero-order valence-corrected chi connectivity index (χ0v) is 13.1. The van der Waals surface area contributed by atoms with Crippen molar-refractivity contribution in [2.24, 2.45) is 5.92 Å². The van der Waals surface area contributed by atoms with Gasteiger partial charge in [-0.2, -0.15) is 0 Å². The number of halogens is 1. The van der Waals surface area contributed by atoms with E-state index < -0.39 is 0 Å². The zero-order chi connectivity index (χ0) is 13.1. The highest BCUT2D eigenvalue weighted by Gasteiger charge is 2.35. The van der Waals surface area contributed by atoms with Gasteiger partial charge in [-0.1, -0.05) is 20.8 Å². The molecule has 2 nitrogen and oxygen atoms in total. The highest BCUT2D eigenvalue weighted by molar-refractivity contribution is 7.09. The SMILES string of the molecule is CCC(c1nc(CCl)cs1)N(CC(C)C)C1CC1. The summed E-state index contributed by atoms with van der Waals surface area (Å²) in [4.78, 5) is 7.35. The first-order valence-corrected chi connectivity index (χ1v) is 8.33. The first kappa shape index (κ1) is 14.3. The molecule has 0 aliphatic heterocycles. The van der Waals surface area contributed by atoms with Crippen LogP contribution in [0.25, 0.3) is 0 Å². The fourth-order valence-corrected chi connectivity index (χ4v) is 3.70. The van der Waals surface area contributed by atoms with Crippen molar-refractivity contribution in [3.63, 3.8) is 0 Å². The Labute approximate surface area is 119 Å². The lowest BCUT2D eigenvalue weighted by molar-refractivity contribution is 0.161. The Hall–Kier alpha value is -0.120. The number of hydrogen-bond donors (Lipinski definition) is 0. The summed E-state index contributed by atoms with van der Waals surface area (Å²) in [6.07, 6.45) is 3.85. The van der Waals surface area contributed by atoms with Gasteiger partial charge in [-0.15, -0.1) is 22.9 Å². The van der Waals surface area contributed by atoms with E-state index in [1.807, 2.05) is 0 Å². The third-order valence-corrected chi connectivity index (χ3v) is 4.64. The van der Waals surface area contributed by atoms with Crippen LogP contribution in [0, 0.1) is 5.92 Å². The van der Waals surface area contributed by atoms with E-state index in [2.05, 4.69) is 36.0 Å². The van der Waals surface area contributed by atoms with Gasteiger partial charge < -0.3 is 0 Å². The molecule has 0 amide bonds. The number of alkyl halides is 1. The summed E-state index contributed by atoms with van der Waals surface area (Å²) in [5.41, 5.74) is 1.02. The molecule has 2 rings (SSSR count). The van der Waals surface area contributed by atoms with Crippen LogP contribution in [0.3, 0.4) is 0 Å². The van der Waals surface area contributed by atoms with Crippen molar-refractivity contribution in [1.82, 2.24) is 9.88 Å². The monoisotopic (exact) mass is 286 g/mol. The number of hydrogen-bond acceptors (Lipinski definition) is 3. The molecule has 1 saturated carbocycles. The third kappa shape index (κ3) is 3.46. The third-order valence-electron chi connectivity index (χ3n) is 3.37.